The molecule has 274 valence electrons. The predicted octanol–water partition coefficient (Wildman–Crippen LogP) is 10.3. The van der Waals surface area contributed by atoms with Gasteiger partial charge < -0.3 is 18.9 Å². The average Bonchev–Trinajstić information content (AvgIpc) is 3.26. The summed E-state index contributed by atoms with van der Waals surface area (Å²) in [7, 11) is 2.95. The zero-order valence-corrected chi connectivity index (χ0v) is 32.2. The van der Waals surface area contributed by atoms with Crippen LogP contribution in [0.3, 0.4) is 0 Å². The topological polar surface area (TPSA) is 54.0 Å². The molecule has 0 radical (unpaired) electrons. The van der Waals surface area contributed by atoms with Crippen LogP contribution in [0.15, 0.2) is 170 Å². The molecular formula is C49H44O5P+. The fourth-order valence-electron chi connectivity index (χ4n) is 7.24. The summed E-state index contributed by atoms with van der Waals surface area (Å²) in [5.74, 6) is 3.37. The lowest BCUT2D eigenvalue weighted by Crippen LogP contribution is -2.32. The first kappa shape index (κ1) is 37.2. The molecule has 0 aliphatic carbocycles. The van der Waals surface area contributed by atoms with Crippen LogP contribution in [0.5, 0.6) is 28.7 Å². The van der Waals surface area contributed by atoms with E-state index in [9.17, 15) is 4.79 Å². The second kappa shape index (κ2) is 17.3. The Hall–Kier alpha value is -6.16. The van der Waals surface area contributed by atoms with Crippen LogP contribution in [-0.4, -0.2) is 27.6 Å². The van der Waals surface area contributed by atoms with Gasteiger partial charge in [0.05, 0.1) is 27.5 Å². The van der Waals surface area contributed by atoms with Crippen molar-refractivity contribution in [2.24, 2.45) is 0 Å². The van der Waals surface area contributed by atoms with Gasteiger partial charge in [-0.2, -0.15) is 0 Å². The van der Waals surface area contributed by atoms with E-state index < -0.39 is 7.26 Å². The van der Waals surface area contributed by atoms with E-state index in [2.05, 4.69) is 133 Å². The molecule has 0 spiro atoms. The number of hydrogen-bond acceptors (Lipinski definition) is 5. The Morgan fingerprint density at radius 3 is 1.60 bits per heavy atom. The van der Waals surface area contributed by atoms with E-state index >= 15 is 0 Å². The highest BCUT2D eigenvalue weighted by Gasteiger charge is 2.45. The summed E-state index contributed by atoms with van der Waals surface area (Å²) in [5, 5.41) is 4.04. The third-order valence-corrected chi connectivity index (χ3v) is 14.4. The third kappa shape index (κ3) is 8.18. The second-order valence-electron chi connectivity index (χ2n) is 13.3. The molecule has 0 atom stereocenters. The van der Waals surface area contributed by atoms with Crippen molar-refractivity contribution >= 4 is 29.5 Å². The predicted molar refractivity (Wildman–Crippen MR) is 226 cm³/mol. The quantitative estimate of drug-likeness (QED) is 0.0773. The first-order valence-electron chi connectivity index (χ1n) is 18.3. The van der Waals surface area contributed by atoms with Crippen LogP contribution < -0.4 is 34.9 Å². The second-order valence-corrected chi connectivity index (χ2v) is 16.8. The molecule has 7 aromatic carbocycles. The van der Waals surface area contributed by atoms with E-state index in [0.717, 1.165) is 47.9 Å². The van der Waals surface area contributed by atoms with Gasteiger partial charge in [-0.15, -0.1) is 0 Å². The fraction of sp³-hybridized carbons (Fsp3) is 0.122. The summed E-state index contributed by atoms with van der Waals surface area (Å²) in [6, 6.07) is 59.1. The summed E-state index contributed by atoms with van der Waals surface area (Å²) >= 11 is 0. The Labute approximate surface area is 324 Å². The zero-order valence-electron chi connectivity index (χ0n) is 31.4. The molecule has 0 heterocycles. The number of aryl methyl sites for hydroxylation is 2. The third-order valence-electron chi connectivity index (χ3n) is 10.0. The van der Waals surface area contributed by atoms with Crippen LogP contribution in [0.1, 0.15) is 27.0 Å². The molecule has 7 rings (SSSR count). The summed E-state index contributed by atoms with van der Waals surface area (Å²) in [5.41, 5.74) is 6.23. The molecule has 55 heavy (non-hydrogen) atoms. The van der Waals surface area contributed by atoms with E-state index in [-0.39, 0.29) is 0 Å². The van der Waals surface area contributed by atoms with Gasteiger partial charge in [-0.1, -0.05) is 84.9 Å². The van der Waals surface area contributed by atoms with Crippen molar-refractivity contribution in [3.63, 3.8) is 0 Å². The Morgan fingerprint density at radius 1 is 0.473 bits per heavy atom. The van der Waals surface area contributed by atoms with Gasteiger partial charge in [0, 0.05) is 11.1 Å². The van der Waals surface area contributed by atoms with Crippen LogP contribution in [0, 0.1) is 0 Å². The molecule has 0 amide bonds. The maximum atomic E-state index is 11.3. The minimum atomic E-state index is -2.09. The number of ether oxygens (including phenoxy) is 4. The smallest absolute Gasteiger partial charge is 0.169 e. The molecule has 0 unspecified atom stereocenters. The van der Waals surface area contributed by atoms with E-state index in [0.29, 0.717) is 22.8 Å². The summed E-state index contributed by atoms with van der Waals surface area (Å²) in [6.45, 7) is 0. The molecule has 5 nitrogen and oxygen atoms in total. The van der Waals surface area contributed by atoms with E-state index in [4.69, 9.17) is 18.9 Å². The maximum Gasteiger partial charge on any atom is 0.169 e. The molecule has 0 aliphatic rings. The molecule has 0 N–H and O–H groups in total. The van der Waals surface area contributed by atoms with Gasteiger partial charge in [0.2, 0.25) is 0 Å². The van der Waals surface area contributed by atoms with Gasteiger partial charge in [-0.05, 0) is 120 Å². The molecule has 0 bridgehead atoms. The van der Waals surface area contributed by atoms with E-state index in [1.54, 1.807) is 39.5 Å². The number of carbonyl (C=O) groups is 1. The molecule has 0 aromatic heterocycles. The Kier molecular flexibility index (Phi) is 11.7. The van der Waals surface area contributed by atoms with Gasteiger partial charge in [-0.25, -0.2) is 0 Å². The lowest BCUT2D eigenvalue weighted by Gasteiger charge is -2.28. The van der Waals surface area contributed by atoms with Crippen molar-refractivity contribution in [1.82, 2.24) is 0 Å². The molecular weight excluding hydrogens is 700 g/mol. The van der Waals surface area contributed by atoms with Crippen LogP contribution in [-0.2, 0) is 19.0 Å². The number of aldehydes is 1. The molecule has 7 aromatic rings. The summed E-state index contributed by atoms with van der Waals surface area (Å²) in [4.78, 5) is 11.3. The number of benzene rings is 7. The van der Waals surface area contributed by atoms with Crippen LogP contribution in [0.25, 0.3) is 11.1 Å². The van der Waals surface area contributed by atoms with Gasteiger partial charge in [0.15, 0.2) is 11.5 Å². The van der Waals surface area contributed by atoms with Gasteiger partial charge in [-0.3, -0.25) is 4.79 Å². The van der Waals surface area contributed by atoms with E-state index in [1.807, 2.05) is 18.2 Å². The van der Waals surface area contributed by atoms with Crippen molar-refractivity contribution in [3.8, 4) is 39.9 Å². The Balaban J connectivity index is 1.19. The van der Waals surface area contributed by atoms with Gasteiger partial charge >= 0.3 is 0 Å². The first-order valence-corrected chi connectivity index (χ1v) is 20.3. The largest absolute Gasteiger partial charge is 0.497 e. The highest BCUT2D eigenvalue weighted by atomic mass is 31.2. The lowest BCUT2D eigenvalue weighted by molar-refractivity contribution is 0.112. The minimum Gasteiger partial charge on any atom is -0.497 e. The molecule has 0 saturated heterocycles. The fourth-order valence-corrected chi connectivity index (χ4v) is 11.5. The minimum absolute atomic E-state index is 0.494. The van der Waals surface area contributed by atoms with Gasteiger partial charge in [0.25, 0.3) is 0 Å². The molecule has 0 fully saturated rings. The number of hydrogen-bond donors (Lipinski definition) is 0. The van der Waals surface area contributed by atoms with E-state index in [1.165, 1.54) is 32.6 Å². The van der Waals surface area contributed by atoms with Crippen molar-refractivity contribution in [2.75, 3.05) is 21.3 Å². The Bertz CT molecular complexity index is 2250. The number of rotatable bonds is 15. The van der Waals surface area contributed by atoms with Crippen LogP contribution >= 0.6 is 7.26 Å². The number of methoxy groups -OCH3 is 3. The van der Waals surface area contributed by atoms with Crippen molar-refractivity contribution in [2.45, 2.75) is 19.0 Å². The summed E-state index contributed by atoms with van der Waals surface area (Å²) in [6.07, 6.45) is 3.24. The SMILES string of the molecule is COc1ccc(-c2ccc(C[P+](c3ccccc3)(c3ccccc3)c3ccccc3)cc2OC)c(CCc2ccc(Oc3cc(C=O)ccc3OC)cc2)c1. The molecule has 0 saturated carbocycles. The van der Waals surface area contributed by atoms with Crippen LogP contribution in [0.4, 0.5) is 0 Å². The van der Waals surface area contributed by atoms with Gasteiger partial charge in [0.1, 0.15) is 46.7 Å². The number of carbonyl (C=O) groups excluding carboxylic acids is 1. The average molecular weight is 744 g/mol. The monoisotopic (exact) mass is 743 g/mol. The van der Waals surface area contributed by atoms with Crippen LogP contribution in [0.2, 0.25) is 0 Å². The normalized spacial score (nSPS) is 11.1. The maximum absolute atomic E-state index is 11.3. The highest BCUT2D eigenvalue weighted by Crippen LogP contribution is 2.58. The molecule has 6 heteroatoms. The van der Waals surface area contributed by atoms with Crippen molar-refractivity contribution < 1.29 is 23.7 Å². The first-order chi connectivity index (χ1) is 27.0. The summed E-state index contributed by atoms with van der Waals surface area (Å²) < 4.78 is 23.4. The zero-order chi connectivity index (χ0) is 38.0. The van der Waals surface area contributed by atoms with Crippen molar-refractivity contribution in [3.05, 3.63) is 192 Å². The standard InChI is InChI=1S/C49H44O5P/c1-51-41-27-29-45(39(33-41)24-19-36-20-25-40(26-21-36)54-49-31-37(34-50)23-30-47(49)52-2)46-28-22-38(32-48(46)53-3)35-55(42-13-7-4-8-14-42,43-15-9-5-10-16-43)44-17-11-6-12-18-44/h4-18,20-23,25-34H,19,24,35H2,1-3H3/q+1. The lowest BCUT2D eigenvalue weighted by atomic mass is 9.93. The Morgan fingerprint density at radius 2 is 1.04 bits per heavy atom. The molecule has 0 aliphatic heterocycles. The van der Waals surface area contributed by atoms with Crippen molar-refractivity contribution in [1.29, 1.82) is 0 Å². The highest BCUT2D eigenvalue weighted by molar-refractivity contribution is 7.95.